The standard InChI is InChI=1S/C13H20O/c1-9-8-14-12-7-10(13(2,3)4)5-6-11(9)12/h8,10H,5-7H2,1-4H3. The van der Waals surface area contributed by atoms with Crippen LogP contribution in [0.1, 0.15) is 44.1 Å². The van der Waals surface area contributed by atoms with Gasteiger partial charge in [-0.3, -0.25) is 0 Å². The van der Waals surface area contributed by atoms with E-state index in [4.69, 9.17) is 4.42 Å². The lowest BCUT2D eigenvalue weighted by Crippen LogP contribution is -2.26. The van der Waals surface area contributed by atoms with Gasteiger partial charge in [-0.1, -0.05) is 20.8 Å². The molecule has 1 nitrogen and oxygen atoms in total. The normalized spacial score (nSPS) is 22.1. The smallest absolute Gasteiger partial charge is 0.107 e. The first-order chi connectivity index (χ1) is 6.48. The highest BCUT2D eigenvalue weighted by molar-refractivity contribution is 5.29. The van der Waals surface area contributed by atoms with E-state index in [0.717, 1.165) is 12.3 Å². The van der Waals surface area contributed by atoms with Crippen LogP contribution in [0.25, 0.3) is 0 Å². The fourth-order valence-electron chi connectivity index (χ4n) is 2.41. The number of furan rings is 1. The molecule has 0 saturated carbocycles. The van der Waals surface area contributed by atoms with Crippen LogP contribution in [0, 0.1) is 18.3 Å². The highest BCUT2D eigenvalue weighted by Gasteiger charge is 2.30. The Kier molecular flexibility index (Phi) is 2.21. The molecule has 0 bridgehead atoms. The molecule has 0 amide bonds. The molecular formula is C13H20O. The minimum atomic E-state index is 0.415. The maximum atomic E-state index is 5.61. The van der Waals surface area contributed by atoms with Crippen molar-refractivity contribution in [1.82, 2.24) is 0 Å². The van der Waals surface area contributed by atoms with Crippen molar-refractivity contribution in [3.8, 4) is 0 Å². The molecule has 1 atom stereocenters. The maximum Gasteiger partial charge on any atom is 0.107 e. The predicted molar refractivity (Wildman–Crippen MR) is 58.4 cm³/mol. The van der Waals surface area contributed by atoms with Gasteiger partial charge >= 0.3 is 0 Å². The van der Waals surface area contributed by atoms with Gasteiger partial charge < -0.3 is 4.42 Å². The van der Waals surface area contributed by atoms with Crippen molar-refractivity contribution in [3.63, 3.8) is 0 Å². The lowest BCUT2D eigenvalue weighted by Gasteiger charge is -2.33. The summed E-state index contributed by atoms with van der Waals surface area (Å²) in [6, 6.07) is 0. The molecule has 1 heteroatoms. The van der Waals surface area contributed by atoms with Gasteiger partial charge in [0.1, 0.15) is 5.76 Å². The van der Waals surface area contributed by atoms with E-state index in [9.17, 15) is 0 Å². The van der Waals surface area contributed by atoms with Crippen molar-refractivity contribution in [2.45, 2.75) is 47.0 Å². The molecule has 1 aromatic heterocycles. The third kappa shape index (κ3) is 1.60. The fraction of sp³-hybridized carbons (Fsp3) is 0.692. The summed E-state index contributed by atoms with van der Waals surface area (Å²) in [6.45, 7) is 9.15. The van der Waals surface area contributed by atoms with E-state index in [1.165, 1.54) is 29.7 Å². The Labute approximate surface area is 86.5 Å². The molecule has 1 aliphatic rings. The van der Waals surface area contributed by atoms with E-state index in [-0.39, 0.29) is 0 Å². The van der Waals surface area contributed by atoms with E-state index in [1.54, 1.807) is 0 Å². The molecule has 1 aliphatic carbocycles. The molecule has 1 unspecified atom stereocenters. The summed E-state index contributed by atoms with van der Waals surface area (Å²) in [7, 11) is 0. The van der Waals surface area contributed by atoms with Crippen LogP contribution in [-0.4, -0.2) is 0 Å². The molecule has 0 saturated heterocycles. The van der Waals surface area contributed by atoms with E-state index in [1.807, 2.05) is 6.26 Å². The van der Waals surface area contributed by atoms with Gasteiger partial charge in [0.2, 0.25) is 0 Å². The monoisotopic (exact) mass is 192 g/mol. The van der Waals surface area contributed by atoms with Crippen LogP contribution in [0.4, 0.5) is 0 Å². The first-order valence-electron chi connectivity index (χ1n) is 5.54. The molecule has 1 heterocycles. The van der Waals surface area contributed by atoms with Crippen molar-refractivity contribution in [2.75, 3.05) is 0 Å². The lowest BCUT2D eigenvalue weighted by molar-refractivity contribution is 0.203. The molecule has 0 aromatic carbocycles. The molecule has 0 aliphatic heterocycles. The topological polar surface area (TPSA) is 13.1 Å². The maximum absolute atomic E-state index is 5.61. The highest BCUT2D eigenvalue weighted by Crippen LogP contribution is 2.38. The Bertz CT molecular complexity index is 327. The molecule has 78 valence electrons. The Morgan fingerprint density at radius 3 is 2.71 bits per heavy atom. The van der Waals surface area contributed by atoms with Gasteiger partial charge in [0.25, 0.3) is 0 Å². The summed E-state index contributed by atoms with van der Waals surface area (Å²) in [6.07, 6.45) is 5.57. The third-order valence-electron chi connectivity index (χ3n) is 3.59. The lowest BCUT2D eigenvalue weighted by atomic mass is 9.72. The summed E-state index contributed by atoms with van der Waals surface area (Å²) in [5, 5.41) is 0. The van der Waals surface area contributed by atoms with Gasteiger partial charge in [-0.25, -0.2) is 0 Å². The fourth-order valence-corrected chi connectivity index (χ4v) is 2.41. The molecule has 0 spiro atoms. The average molecular weight is 192 g/mol. The van der Waals surface area contributed by atoms with Crippen LogP contribution in [0.2, 0.25) is 0 Å². The van der Waals surface area contributed by atoms with Crippen LogP contribution in [0.5, 0.6) is 0 Å². The molecule has 14 heavy (non-hydrogen) atoms. The van der Waals surface area contributed by atoms with Gasteiger partial charge in [-0.05, 0) is 42.2 Å². The second-order valence-electron chi connectivity index (χ2n) is 5.63. The Balaban J connectivity index is 2.22. The van der Waals surface area contributed by atoms with E-state index < -0.39 is 0 Å². The predicted octanol–water partition coefficient (Wildman–Crippen LogP) is 3.74. The van der Waals surface area contributed by atoms with Crippen molar-refractivity contribution in [1.29, 1.82) is 0 Å². The van der Waals surface area contributed by atoms with E-state index in [2.05, 4.69) is 27.7 Å². The van der Waals surface area contributed by atoms with Crippen LogP contribution in [0.3, 0.4) is 0 Å². The third-order valence-corrected chi connectivity index (χ3v) is 3.59. The summed E-state index contributed by atoms with van der Waals surface area (Å²) < 4.78 is 5.61. The molecule has 2 rings (SSSR count). The van der Waals surface area contributed by atoms with Crippen LogP contribution >= 0.6 is 0 Å². The van der Waals surface area contributed by atoms with Gasteiger partial charge in [0.05, 0.1) is 6.26 Å². The minimum Gasteiger partial charge on any atom is -0.469 e. The first kappa shape index (κ1) is 9.82. The van der Waals surface area contributed by atoms with Gasteiger partial charge in [0, 0.05) is 6.42 Å². The van der Waals surface area contributed by atoms with Crippen LogP contribution < -0.4 is 0 Å². The second-order valence-corrected chi connectivity index (χ2v) is 5.63. The van der Waals surface area contributed by atoms with Gasteiger partial charge in [-0.15, -0.1) is 0 Å². The van der Waals surface area contributed by atoms with E-state index in [0.29, 0.717) is 5.41 Å². The van der Waals surface area contributed by atoms with Gasteiger partial charge in [-0.2, -0.15) is 0 Å². The summed E-state index contributed by atoms with van der Waals surface area (Å²) >= 11 is 0. The van der Waals surface area contributed by atoms with Crippen molar-refractivity contribution < 1.29 is 4.42 Å². The number of rotatable bonds is 0. The molecular weight excluding hydrogens is 172 g/mol. The van der Waals surface area contributed by atoms with E-state index >= 15 is 0 Å². The quantitative estimate of drug-likeness (QED) is 0.610. The zero-order chi connectivity index (χ0) is 10.3. The number of fused-ring (bicyclic) bond motifs is 1. The zero-order valence-electron chi connectivity index (χ0n) is 9.68. The minimum absolute atomic E-state index is 0.415. The Morgan fingerprint density at radius 2 is 2.07 bits per heavy atom. The molecule has 0 fully saturated rings. The molecule has 0 radical (unpaired) electrons. The van der Waals surface area contributed by atoms with Crippen molar-refractivity contribution >= 4 is 0 Å². The second kappa shape index (κ2) is 3.15. The molecule has 0 N–H and O–H groups in total. The largest absolute Gasteiger partial charge is 0.469 e. The molecule has 1 aromatic rings. The van der Waals surface area contributed by atoms with Gasteiger partial charge in [0.15, 0.2) is 0 Å². The number of hydrogen-bond donors (Lipinski definition) is 0. The SMILES string of the molecule is Cc1coc2c1CCC(C(C)(C)C)C2. The summed E-state index contributed by atoms with van der Waals surface area (Å²) in [5.74, 6) is 2.02. The van der Waals surface area contributed by atoms with Crippen molar-refractivity contribution in [3.05, 3.63) is 23.2 Å². The van der Waals surface area contributed by atoms with Crippen LogP contribution in [-0.2, 0) is 12.8 Å². The first-order valence-corrected chi connectivity index (χ1v) is 5.54. The number of hydrogen-bond acceptors (Lipinski definition) is 1. The zero-order valence-corrected chi connectivity index (χ0v) is 9.68. The van der Waals surface area contributed by atoms with Crippen LogP contribution in [0.15, 0.2) is 10.7 Å². The Morgan fingerprint density at radius 1 is 1.36 bits per heavy atom. The number of aryl methyl sites for hydroxylation is 1. The highest BCUT2D eigenvalue weighted by atomic mass is 16.3. The average Bonchev–Trinajstić information content (AvgIpc) is 2.46. The Hall–Kier alpha value is -0.720. The van der Waals surface area contributed by atoms with Crippen molar-refractivity contribution in [2.24, 2.45) is 11.3 Å². The summed E-state index contributed by atoms with van der Waals surface area (Å²) in [5.41, 5.74) is 3.23. The summed E-state index contributed by atoms with van der Waals surface area (Å²) in [4.78, 5) is 0.